The molecule has 0 aliphatic carbocycles. The molecule has 3 atom stereocenters. The first kappa shape index (κ1) is 11.6. The first-order valence-electron chi connectivity index (χ1n) is 7.54. The number of benzene rings is 1. The molecule has 3 heterocycles. The van der Waals surface area contributed by atoms with Crippen LogP contribution in [0.15, 0.2) is 18.2 Å². The number of rotatable bonds is 1. The van der Waals surface area contributed by atoms with Crippen molar-refractivity contribution >= 4 is 5.69 Å². The molecule has 0 saturated carbocycles. The van der Waals surface area contributed by atoms with Crippen LogP contribution < -0.4 is 15.0 Å². The minimum absolute atomic E-state index is 0.647. The van der Waals surface area contributed by atoms with Gasteiger partial charge in [-0.25, -0.2) is 0 Å². The maximum absolute atomic E-state index is 5.89. The molecule has 3 aliphatic heterocycles. The predicted molar refractivity (Wildman–Crippen MR) is 77.0 cm³/mol. The van der Waals surface area contributed by atoms with Gasteiger partial charge in [0.2, 0.25) is 0 Å². The Balaban J connectivity index is 1.59. The number of nitrogens with zero attached hydrogens (tertiary/aromatic N) is 1. The summed E-state index contributed by atoms with van der Waals surface area (Å²) < 4.78 is 5.89. The number of hydrogen-bond donors (Lipinski definition) is 1. The predicted octanol–water partition coefficient (Wildman–Crippen LogP) is 2.20. The van der Waals surface area contributed by atoms with Gasteiger partial charge in [0.25, 0.3) is 0 Å². The molecular formula is C16H22N2O. The van der Waals surface area contributed by atoms with E-state index >= 15 is 0 Å². The Bertz CT molecular complexity index is 476. The van der Waals surface area contributed by atoms with E-state index in [9.17, 15) is 0 Å². The summed E-state index contributed by atoms with van der Waals surface area (Å²) in [6.45, 7) is 5.41. The Morgan fingerprint density at radius 1 is 1.21 bits per heavy atom. The quantitative estimate of drug-likeness (QED) is 0.836. The third-order valence-corrected chi connectivity index (χ3v) is 4.72. The lowest BCUT2D eigenvalue weighted by atomic mass is 9.98. The van der Waals surface area contributed by atoms with Crippen LogP contribution in [-0.2, 0) is 6.42 Å². The van der Waals surface area contributed by atoms with Gasteiger partial charge in [-0.05, 0) is 36.8 Å². The first-order valence-corrected chi connectivity index (χ1v) is 7.54. The van der Waals surface area contributed by atoms with E-state index in [1.165, 1.54) is 24.1 Å². The molecule has 3 unspecified atom stereocenters. The monoisotopic (exact) mass is 258 g/mol. The van der Waals surface area contributed by atoms with Gasteiger partial charge in [0.05, 0.1) is 6.61 Å². The number of nitrogens with one attached hydrogen (secondary N) is 1. The average Bonchev–Trinajstić information content (AvgIpc) is 2.77. The first-order chi connectivity index (χ1) is 9.28. The fraction of sp³-hybridized carbons (Fsp3) is 0.625. The van der Waals surface area contributed by atoms with Crippen LogP contribution in [0, 0.1) is 5.92 Å². The van der Waals surface area contributed by atoms with Crippen molar-refractivity contribution in [2.45, 2.75) is 38.3 Å². The van der Waals surface area contributed by atoms with Crippen molar-refractivity contribution in [1.82, 2.24) is 5.32 Å². The van der Waals surface area contributed by atoms with Crippen molar-refractivity contribution in [3.8, 4) is 5.75 Å². The van der Waals surface area contributed by atoms with Crippen LogP contribution in [0.5, 0.6) is 5.75 Å². The molecule has 2 fully saturated rings. The van der Waals surface area contributed by atoms with Gasteiger partial charge in [-0.3, -0.25) is 0 Å². The van der Waals surface area contributed by atoms with Crippen LogP contribution in [0.1, 0.15) is 25.3 Å². The third-order valence-electron chi connectivity index (χ3n) is 4.72. The Hall–Kier alpha value is -1.22. The van der Waals surface area contributed by atoms with Crippen molar-refractivity contribution < 1.29 is 4.74 Å². The van der Waals surface area contributed by atoms with Gasteiger partial charge in [0, 0.05) is 36.9 Å². The van der Waals surface area contributed by atoms with Crippen molar-refractivity contribution in [2.24, 2.45) is 5.92 Å². The van der Waals surface area contributed by atoms with E-state index in [1.807, 2.05) is 0 Å². The van der Waals surface area contributed by atoms with E-state index < -0.39 is 0 Å². The lowest BCUT2D eigenvalue weighted by Gasteiger charge is -2.35. The number of anilines is 1. The Morgan fingerprint density at radius 2 is 2.00 bits per heavy atom. The molecular weight excluding hydrogens is 236 g/mol. The lowest BCUT2D eigenvalue weighted by Crippen LogP contribution is -2.51. The van der Waals surface area contributed by atoms with Gasteiger partial charge in [0.1, 0.15) is 5.75 Å². The molecule has 0 radical (unpaired) electrons. The average molecular weight is 258 g/mol. The van der Waals surface area contributed by atoms with E-state index in [1.54, 1.807) is 0 Å². The summed E-state index contributed by atoms with van der Waals surface area (Å²) in [6, 6.07) is 8.19. The highest BCUT2D eigenvalue weighted by atomic mass is 16.5. The Labute approximate surface area is 114 Å². The third kappa shape index (κ3) is 2.10. The summed E-state index contributed by atoms with van der Waals surface area (Å²) in [5.74, 6) is 1.76. The molecule has 19 heavy (non-hydrogen) atoms. The molecule has 2 bridgehead atoms. The van der Waals surface area contributed by atoms with Gasteiger partial charge >= 0.3 is 0 Å². The molecule has 0 amide bonds. The fourth-order valence-electron chi connectivity index (χ4n) is 3.72. The normalized spacial score (nSPS) is 32.9. The summed E-state index contributed by atoms with van der Waals surface area (Å²) in [6.07, 6.45) is 3.82. The van der Waals surface area contributed by atoms with E-state index in [0.717, 1.165) is 31.9 Å². The van der Waals surface area contributed by atoms with Crippen LogP contribution in [0.3, 0.4) is 0 Å². The maximum Gasteiger partial charge on any atom is 0.124 e. The van der Waals surface area contributed by atoms with Gasteiger partial charge in [-0.2, -0.15) is 0 Å². The number of piperazine rings is 1. The van der Waals surface area contributed by atoms with Crippen molar-refractivity contribution in [2.75, 3.05) is 24.6 Å². The van der Waals surface area contributed by atoms with Crippen LogP contribution in [-0.4, -0.2) is 31.8 Å². The summed E-state index contributed by atoms with van der Waals surface area (Å²) in [4.78, 5) is 2.53. The number of ether oxygens (including phenoxy) is 1. The summed E-state index contributed by atoms with van der Waals surface area (Å²) in [5, 5.41) is 3.69. The van der Waals surface area contributed by atoms with Gasteiger partial charge in [0.15, 0.2) is 0 Å². The van der Waals surface area contributed by atoms with Crippen LogP contribution in [0.2, 0.25) is 0 Å². The molecule has 1 N–H and O–H groups in total. The van der Waals surface area contributed by atoms with Gasteiger partial charge < -0.3 is 15.0 Å². The molecule has 0 spiro atoms. The lowest BCUT2D eigenvalue weighted by molar-refractivity contribution is 0.234. The van der Waals surface area contributed by atoms with Crippen molar-refractivity contribution in [3.05, 3.63) is 23.8 Å². The number of hydrogen-bond acceptors (Lipinski definition) is 3. The van der Waals surface area contributed by atoms with E-state index in [4.69, 9.17) is 4.74 Å². The standard InChI is InChI=1S/C16H22N2O/c1-11-6-12-2-5-15(7-16(12)19-10-11)18-8-13-3-4-14(9-18)17-13/h2,5,7,11,13-14,17H,3-4,6,8-10H2,1H3. The second-order valence-corrected chi connectivity index (χ2v) is 6.46. The zero-order valence-electron chi connectivity index (χ0n) is 11.6. The van der Waals surface area contributed by atoms with Crippen LogP contribution in [0.4, 0.5) is 5.69 Å². The molecule has 2 saturated heterocycles. The minimum Gasteiger partial charge on any atom is -0.493 e. The van der Waals surface area contributed by atoms with E-state index in [-0.39, 0.29) is 0 Å². The molecule has 3 aliphatic rings. The molecule has 3 nitrogen and oxygen atoms in total. The van der Waals surface area contributed by atoms with Crippen molar-refractivity contribution in [3.63, 3.8) is 0 Å². The second kappa shape index (κ2) is 4.41. The molecule has 1 aromatic rings. The smallest absolute Gasteiger partial charge is 0.124 e. The zero-order valence-corrected chi connectivity index (χ0v) is 11.6. The topological polar surface area (TPSA) is 24.5 Å². The molecule has 4 rings (SSSR count). The fourth-order valence-corrected chi connectivity index (χ4v) is 3.72. The number of fused-ring (bicyclic) bond motifs is 3. The van der Waals surface area contributed by atoms with Crippen LogP contribution >= 0.6 is 0 Å². The van der Waals surface area contributed by atoms with E-state index in [2.05, 4.69) is 35.3 Å². The summed E-state index contributed by atoms with van der Waals surface area (Å²) in [7, 11) is 0. The summed E-state index contributed by atoms with van der Waals surface area (Å²) >= 11 is 0. The van der Waals surface area contributed by atoms with Crippen LogP contribution in [0.25, 0.3) is 0 Å². The highest BCUT2D eigenvalue weighted by Crippen LogP contribution is 2.33. The van der Waals surface area contributed by atoms with Gasteiger partial charge in [-0.1, -0.05) is 13.0 Å². The molecule has 0 aromatic heterocycles. The zero-order chi connectivity index (χ0) is 12.8. The Morgan fingerprint density at radius 3 is 2.79 bits per heavy atom. The summed E-state index contributed by atoms with van der Waals surface area (Å²) in [5.41, 5.74) is 2.72. The maximum atomic E-state index is 5.89. The van der Waals surface area contributed by atoms with E-state index in [0.29, 0.717) is 18.0 Å². The van der Waals surface area contributed by atoms with Crippen molar-refractivity contribution in [1.29, 1.82) is 0 Å². The molecule has 102 valence electrons. The second-order valence-electron chi connectivity index (χ2n) is 6.46. The Kier molecular flexibility index (Phi) is 2.69. The van der Waals surface area contributed by atoms with Gasteiger partial charge in [-0.15, -0.1) is 0 Å². The highest BCUT2D eigenvalue weighted by molar-refractivity contribution is 5.55. The minimum atomic E-state index is 0.647. The molecule has 3 heteroatoms. The SMILES string of the molecule is CC1COc2cc(N3CC4CCC(C3)N4)ccc2C1. The largest absolute Gasteiger partial charge is 0.493 e. The molecule has 1 aromatic carbocycles. The highest BCUT2D eigenvalue weighted by Gasteiger charge is 2.32.